The molecule has 1 aliphatic rings. The molecular weight excluding hydrogens is 286 g/mol. The van der Waals surface area contributed by atoms with Crippen molar-refractivity contribution in [1.29, 1.82) is 0 Å². The largest absolute Gasteiger partial charge is 0.390 e. The Kier molecular flexibility index (Phi) is 3.36. The summed E-state index contributed by atoms with van der Waals surface area (Å²) in [6.45, 7) is 0. The summed E-state index contributed by atoms with van der Waals surface area (Å²) in [4.78, 5) is 12.7. The highest BCUT2D eigenvalue weighted by atomic mass is 16.3. The fourth-order valence-corrected chi connectivity index (χ4v) is 3.39. The van der Waals surface area contributed by atoms with Gasteiger partial charge in [-0.1, -0.05) is 60.7 Å². The molecule has 3 nitrogen and oxygen atoms in total. The molecule has 114 valence electrons. The Morgan fingerprint density at radius 1 is 0.957 bits per heavy atom. The first-order valence-electron chi connectivity index (χ1n) is 7.78. The SMILES string of the molecule is O=C(NC1c2ccccc2CC1O)c1cccc2ccccc12. The lowest BCUT2D eigenvalue weighted by Gasteiger charge is -2.18. The van der Waals surface area contributed by atoms with Crippen LogP contribution in [-0.4, -0.2) is 17.1 Å². The van der Waals surface area contributed by atoms with E-state index in [1.165, 1.54) is 0 Å². The van der Waals surface area contributed by atoms with Gasteiger partial charge in [0.1, 0.15) is 0 Å². The zero-order valence-electron chi connectivity index (χ0n) is 12.6. The Morgan fingerprint density at radius 2 is 1.70 bits per heavy atom. The summed E-state index contributed by atoms with van der Waals surface area (Å²) in [7, 11) is 0. The minimum absolute atomic E-state index is 0.150. The molecule has 0 aliphatic heterocycles. The van der Waals surface area contributed by atoms with Crippen LogP contribution in [0.4, 0.5) is 0 Å². The smallest absolute Gasteiger partial charge is 0.252 e. The van der Waals surface area contributed by atoms with Crippen LogP contribution in [0.1, 0.15) is 27.5 Å². The molecule has 3 heteroatoms. The summed E-state index contributed by atoms with van der Waals surface area (Å²) in [5.74, 6) is -0.150. The normalized spacial score (nSPS) is 19.5. The van der Waals surface area contributed by atoms with Crippen LogP contribution in [0.15, 0.2) is 66.7 Å². The third-order valence-corrected chi connectivity index (χ3v) is 4.52. The van der Waals surface area contributed by atoms with E-state index in [0.717, 1.165) is 21.9 Å². The van der Waals surface area contributed by atoms with E-state index in [1.807, 2.05) is 66.7 Å². The lowest BCUT2D eigenvalue weighted by Crippen LogP contribution is -2.33. The molecule has 2 unspecified atom stereocenters. The van der Waals surface area contributed by atoms with E-state index in [4.69, 9.17) is 0 Å². The second kappa shape index (κ2) is 5.52. The number of fused-ring (bicyclic) bond motifs is 2. The molecule has 4 rings (SSSR count). The average Bonchev–Trinajstić information content (AvgIpc) is 2.90. The predicted octanol–water partition coefficient (Wildman–Crippen LogP) is 3.23. The van der Waals surface area contributed by atoms with Crippen molar-refractivity contribution in [1.82, 2.24) is 5.32 Å². The number of aliphatic hydroxyl groups is 1. The molecule has 0 bridgehead atoms. The van der Waals surface area contributed by atoms with Crippen LogP contribution in [0.3, 0.4) is 0 Å². The van der Waals surface area contributed by atoms with Crippen molar-refractivity contribution in [2.24, 2.45) is 0 Å². The number of hydrogen-bond donors (Lipinski definition) is 2. The van der Waals surface area contributed by atoms with Gasteiger partial charge < -0.3 is 10.4 Å². The minimum atomic E-state index is -0.577. The molecule has 2 atom stereocenters. The molecule has 0 spiro atoms. The molecule has 0 fully saturated rings. The van der Waals surface area contributed by atoms with Crippen molar-refractivity contribution in [3.8, 4) is 0 Å². The Hall–Kier alpha value is -2.65. The highest BCUT2D eigenvalue weighted by molar-refractivity contribution is 6.07. The van der Waals surface area contributed by atoms with Gasteiger partial charge in [0.2, 0.25) is 0 Å². The number of benzene rings is 3. The fourth-order valence-electron chi connectivity index (χ4n) is 3.39. The van der Waals surface area contributed by atoms with Crippen LogP contribution >= 0.6 is 0 Å². The maximum atomic E-state index is 12.7. The van der Waals surface area contributed by atoms with Gasteiger partial charge in [0, 0.05) is 12.0 Å². The monoisotopic (exact) mass is 303 g/mol. The number of amides is 1. The molecule has 1 aliphatic carbocycles. The third-order valence-electron chi connectivity index (χ3n) is 4.52. The van der Waals surface area contributed by atoms with Crippen molar-refractivity contribution in [3.05, 3.63) is 83.4 Å². The number of rotatable bonds is 2. The molecule has 0 radical (unpaired) electrons. The second-order valence-corrected chi connectivity index (χ2v) is 5.95. The van der Waals surface area contributed by atoms with Gasteiger partial charge >= 0.3 is 0 Å². The van der Waals surface area contributed by atoms with Crippen molar-refractivity contribution in [3.63, 3.8) is 0 Å². The Bertz CT molecular complexity index is 882. The molecule has 0 saturated carbocycles. The highest BCUT2D eigenvalue weighted by Crippen LogP contribution is 2.31. The van der Waals surface area contributed by atoms with Crippen molar-refractivity contribution in [2.75, 3.05) is 0 Å². The number of nitrogens with one attached hydrogen (secondary N) is 1. The molecule has 1 amide bonds. The summed E-state index contributed by atoms with van der Waals surface area (Å²) in [6, 6.07) is 21.1. The van der Waals surface area contributed by atoms with Crippen LogP contribution in [0.25, 0.3) is 10.8 Å². The van der Waals surface area contributed by atoms with E-state index in [0.29, 0.717) is 12.0 Å². The van der Waals surface area contributed by atoms with Gasteiger partial charge in [-0.25, -0.2) is 0 Å². The van der Waals surface area contributed by atoms with Gasteiger partial charge in [0.05, 0.1) is 12.1 Å². The number of aliphatic hydroxyl groups excluding tert-OH is 1. The summed E-state index contributed by atoms with van der Waals surface area (Å²) in [5, 5.41) is 15.3. The molecule has 0 aromatic heterocycles. The van der Waals surface area contributed by atoms with Crippen molar-refractivity contribution >= 4 is 16.7 Å². The third kappa shape index (κ3) is 2.39. The lowest BCUT2D eigenvalue weighted by atomic mass is 10.0. The predicted molar refractivity (Wildman–Crippen MR) is 90.3 cm³/mol. The van der Waals surface area contributed by atoms with Gasteiger partial charge in [-0.15, -0.1) is 0 Å². The van der Waals surface area contributed by atoms with E-state index < -0.39 is 6.10 Å². The van der Waals surface area contributed by atoms with E-state index in [2.05, 4.69) is 5.32 Å². The molecule has 2 N–H and O–H groups in total. The summed E-state index contributed by atoms with van der Waals surface area (Å²) in [6.07, 6.45) is 0.00254. The highest BCUT2D eigenvalue weighted by Gasteiger charge is 2.32. The van der Waals surface area contributed by atoms with Gasteiger partial charge in [0.15, 0.2) is 0 Å². The number of hydrogen-bond acceptors (Lipinski definition) is 2. The summed E-state index contributed by atoms with van der Waals surface area (Å²) in [5.41, 5.74) is 2.75. The molecular formula is C20H17NO2. The number of carbonyl (C=O) groups is 1. The average molecular weight is 303 g/mol. The first-order chi connectivity index (χ1) is 11.2. The van der Waals surface area contributed by atoms with E-state index in [1.54, 1.807) is 0 Å². The molecule has 0 saturated heterocycles. The van der Waals surface area contributed by atoms with Crippen LogP contribution in [0.2, 0.25) is 0 Å². The quantitative estimate of drug-likeness (QED) is 0.763. The van der Waals surface area contributed by atoms with Crippen molar-refractivity contribution < 1.29 is 9.90 Å². The maximum absolute atomic E-state index is 12.7. The van der Waals surface area contributed by atoms with E-state index in [-0.39, 0.29) is 11.9 Å². The van der Waals surface area contributed by atoms with Crippen molar-refractivity contribution in [2.45, 2.75) is 18.6 Å². The topological polar surface area (TPSA) is 49.3 Å². The van der Waals surface area contributed by atoms with E-state index in [9.17, 15) is 9.90 Å². The second-order valence-electron chi connectivity index (χ2n) is 5.95. The fraction of sp³-hybridized carbons (Fsp3) is 0.150. The van der Waals surface area contributed by atoms with Gasteiger partial charge in [0.25, 0.3) is 5.91 Å². The first-order valence-corrected chi connectivity index (χ1v) is 7.78. The van der Waals surface area contributed by atoms with Gasteiger partial charge in [-0.2, -0.15) is 0 Å². The first kappa shape index (κ1) is 14.0. The molecule has 0 heterocycles. The Labute approximate surface area is 134 Å². The van der Waals surface area contributed by atoms with Gasteiger partial charge in [-0.3, -0.25) is 4.79 Å². The molecule has 3 aromatic carbocycles. The van der Waals surface area contributed by atoms with Gasteiger partial charge in [-0.05, 0) is 28.0 Å². The summed E-state index contributed by atoms with van der Waals surface area (Å²) < 4.78 is 0. The van der Waals surface area contributed by atoms with Crippen LogP contribution in [0.5, 0.6) is 0 Å². The van der Waals surface area contributed by atoms with Crippen LogP contribution < -0.4 is 5.32 Å². The Balaban J connectivity index is 1.68. The number of carbonyl (C=O) groups excluding carboxylic acids is 1. The van der Waals surface area contributed by atoms with Crippen LogP contribution in [0, 0.1) is 0 Å². The molecule has 23 heavy (non-hydrogen) atoms. The Morgan fingerprint density at radius 3 is 2.61 bits per heavy atom. The molecule has 3 aromatic rings. The summed E-state index contributed by atoms with van der Waals surface area (Å²) >= 11 is 0. The van der Waals surface area contributed by atoms with Crippen LogP contribution in [-0.2, 0) is 6.42 Å². The maximum Gasteiger partial charge on any atom is 0.252 e. The standard InChI is InChI=1S/C20H17NO2/c22-18-12-14-7-2-4-10-16(14)19(18)21-20(23)17-11-5-8-13-6-1-3-9-15(13)17/h1-11,18-19,22H,12H2,(H,21,23). The minimum Gasteiger partial charge on any atom is -0.390 e. The zero-order valence-corrected chi connectivity index (χ0v) is 12.6. The van der Waals surface area contributed by atoms with E-state index >= 15 is 0 Å². The lowest BCUT2D eigenvalue weighted by molar-refractivity contribution is 0.0860. The zero-order chi connectivity index (χ0) is 15.8.